The Morgan fingerprint density at radius 1 is 1.21 bits per heavy atom. The minimum Gasteiger partial charge on any atom is -0.390 e. The van der Waals surface area contributed by atoms with Crippen molar-refractivity contribution in [3.8, 4) is 0 Å². The van der Waals surface area contributed by atoms with Gasteiger partial charge in [0, 0.05) is 5.92 Å². The second-order valence-electron chi connectivity index (χ2n) is 7.13. The van der Waals surface area contributed by atoms with Gasteiger partial charge in [0.25, 0.3) is 0 Å². The van der Waals surface area contributed by atoms with Crippen LogP contribution < -0.4 is 0 Å². The first-order valence-corrected chi connectivity index (χ1v) is 7.88. The van der Waals surface area contributed by atoms with Crippen LogP contribution in [0.15, 0.2) is 12.2 Å². The molecule has 2 N–H and O–H groups in total. The summed E-state index contributed by atoms with van der Waals surface area (Å²) in [5, 5.41) is 20.5. The smallest absolute Gasteiger partial charge is 0.0721 e. The first kappa shape index (κ1) is 16.7. The van der Waals surface area contributed by atoms with Crippen molar-refractivity contribution in [2.75, 3.05) is 0 Å². The molecule has 0 aromatic heterocycles. The summed E-state index contributed by atoms with van der Waals surface area (Å²) in [7, 11) is 0. The largest absolute Gasteiger partial charge is 0.390 e. The lowest BCUT2D eigenvalue weighted by molar-refractivity contribution is -0.0664. The summed E-state index contributed by atoms with van der Waals surface area (Å²) >= 11 is 0. The molecule has 1 fully saturated rings. The van der Waals surface area contributed by atoms with Gasteiger partial charge in [0.15, 0.2) is 0 Å². The molecule has 0 bridgehead atoms. The van der Waals surface area contributed by atoms with E-state index in [9.17, 15) is 10.2 Å². The minimum atomic E-state index is -0.638. The standard InChI is InChI=1S/C17H32O2/c1-5-6-7-9-14(18)10-11-15-16(2,3)12-8-13-17(15,4)19/h10-11,14-15,18-19H,5-9,12-13H2,1-4H3. The van der Waals surface area contributed by atoms with Crippen LogP contribution in [0.5, 0.6) is 0 Å². The van der Waals surface area contributed by atoms with Crippen LogP contribution in [0.4, 0.5) is 0 Å². The Hall–Kier alpha value is -0.340. The van der Waals surface area contributed by atoms with Gasteiger partial charge < -0.3 is 10.2 Å². The molecular weight excluding hydrogens is 236 g/mol. The van der Waals surface area contributed by atoms with Gasteiger partial charge in [-0.3, -0.25) is 0 Å². The summed E-state index contributed by atoms with van der Waals surface area (Å²) in [4.78, 5) is 0. The van der Waals surface area contributed by atoms with Gasteiger partial charge in [0.1, 0.15) is 0 Å². The molecule has 0 saturated heterocycles. The van der Waals surface area contributed by atoms with Crippen molar-refractivity contribution in [2.24, 2.45) is 11.3 Å². The molecule has 0 aromatic carbocycles. The molecule has 1 rings (SSSR count). The lowest BCUT2D eigenvalue weighted by Crippen LogP contribution is -2.46. The van der Waals surface area contributed by atoms with E-state index in [0.717, 1.165) is 32.1 Å². The molecule has 1 saturated carbocycles. The predicted octanol–water partition coefficient (Wildman–Crippen LogP) is 4.06. The monoisotopic (exact) mass is 268 g/mol. The van der Waals surface area contributed by atoms with Gasteiger partial charge in [-0.15, -0.1) is 0 Å². The number of aliphatic hydroxyl groups excluding tert-OH is 1. The second kappa shape index (κ2) is 6.90. The van der Waals surface area contributed by atoms with Crippen LogP contribution in [0.2, 0.25) is 0 Å². The Kier molecular flexibility index (Phi) is 6.07. The third kappa shape index (κ3) is 4.92. The molecular formula is C17H32O2. The van der Waals surface area contributed by atoms with E-state index in [1.54, 1.807) is 0 Å². The maximum absolute atomic E-state index is 10.6. The lowest BCUT2D eigenvalue weighted by Gasteiger charge is -2.46. The maximum Gasteiger partial charge on any atom is 0.0721 e. The maximum atomic E-state index is 10.6. The van der Waals surface area contributed by atoms with Gasteiger partial charge in [0.2, 0.25) is 0 Å². The molecule has 112 valence electrons. The Balaban J connectivity index is 2.60. The molecule has 2 nitrogen and oxygen atoms in total. The van der Waals surface area contributed by atoms with Gasteiger partial charge in [-0.25, -0.2) is 0 Å². The summed E-state index contributed by atoms with van der Waals surface area (Å²) in [6.07, 6.45) is 11.0. The van der Waals surface area contributed by atoms with Crippen molar-refractivity contribution in [3.63, 3.8) is 0 Å². The van der Waals surface area contributed by atoms with Gasteiger partial charge in [-0.05, 0) is 31.6 Å². The van der Waals surface area contributed by atoms with E-state index in [4.69, 9.17) is 0 Å². The van der Waals surface area contributed by atoms with Crippen molar-refractivity contribution < 1.29 is 10.2 Å². The van der Waals surface area contributed by atoms with E-state index in [1.165, 1.54) is 12.8 Å². The van der Waals surface area contributed by atoms with E-state index in [1.807, 2.05) is 13.0 Å². The highest BCUT2D eigenvalue weighted by molar-refractivity contribution is 5.07. The Morgan fingerprint density at radius 3 is 2.47 bits per heavy atom. The molecule has 0 spiro atoms. The fourth-order valence-corrected chi connectivity index (χ4v) is 3.46. The van der Waals surface area contributed by atoms with Gasteiger partial charge >= 0.3 is 0 Å². The highest BCUT2D eigenvalue weighted by Crippen LogP contribution is 2.46. The summed E-state index contributed by atoms with van der Waals surface area (Å²) in [5.41, 5.74) is -0.525. The second-order valence-corrected chi connectivity index (χ2v) is 7.13. The quantitative estimate of drug-likeness (QED) is 0.563. The molecule has 1 aliphatic rings. The topological polar surface area (TPSA) is 40.5 Å². The van der Waals surface area contributed by atoms with E-state index in [2.05, 4.69) is 26.8 Å². The Morgan fingerprint density at radius 2 is 1.89 bits per heavy atom. The van der Waals surface area contributed by atoms with Crippen LogP contribution >= 0.6 is 0 Å². The number of hydrogen-bond donors (Lipinski definition) is 2. The third-order valence-corrected chi connectivity index (χ3v) is 4.65. The van der Waals surface area contributed by atoms with Gasteiger partial charge in [-0.2, -0.15) is 0 Å². The normalized spacial score (nSPS) is 32.6. The average Bonchev–Trinajstić information content (AvgIpc) is 2.27. The van der Waals surface area contributed by atoms with Crippen LogP contribution in [0.3, 0.4) is 0 Å². The molecule has 0 aliphatic heterocycles. The van der Waals surface area contributed by atoms with Crippen LogP contribution in [-0.2, 0) is 0 Å². The predicted molar refractivity (Wildman–Crippen MR) is 81.0 cm³/mol. The molecule has 2 heteroatoms. The van der Waals surface area contributed by atoms with Crippen molar-refractivity contribution in [1.29, 1.82) is 0 Å². The Labute approximate surface area is 118 Å². The highest BCUT2D eigenvalue weighted by Gasteiger charge is 2.43. The summed E-state index contributed by atoms with van der Waals surface area (Å²) in [5.74, 6) is 0.134. The van der Waals surface area contributed by atoms with Gasteiger partial charge in [0.05, 0.1) is 11.7 Å². The summed E-state index contributed by atoms with van der Waals surface area (Å²) in [6.45, 7) is 8.55. The number of unbranched alkanes of at least 4 members (excludes halogenated alkanes) is 2. The first-order chi connectivity index (χ1) is 8.79. The van der Waals surface area contributed by atoms with Crippen molar-refractivity contribution >= 4 is 0 Å². The zero-order valence-electron chi connectivity index (χ0n) is 13.2. The highest BCUT2D eigenvalue weighted by atomic mass is 16.3. The zero-order valence-corrected chi connectivity index (χ0v) is 13.2. The Bertz CT molecular complexity index is 276. The first-order valence-electron chi connectivity index (χ1n) is 7.88. The van der Waals surface area contributed by atoms with Crippen molar-refractivity contribution in [1.82, 2.24) is 0 Å². The fraction of sp³-hybridized carbons (Fsp3) is 0.882. The molecule has 3 unspecified atom stereocenters. The molecule has 0 aromatic rings. The fourth-order valence-electron chi connectivity index (χ4n) is 3.46. The molecule has 0 amide bonds. The molecule has 1 aliphatic carbocycles. The van der Waals surface area contributed by atoms with Crippen LogP contribution in [0.25, 0.3) is 0 Å². The summed E-state index contributed by atoms with van der Waals surface area (Å²) < 4.78 is 0. The molecule has 3 atom stereocenters. The number of aliphatic hydroxyl groups is 2. The third-order valence-electron chi connectivity index (χ3n) is 4.65. The van der Waals surface area contributed by atoms with E-state index in [0.29, 0.717) is 0 Å². The zero-order chi connectivity index (χ0) is 14.5. The summed E-state index contributed by atoms with van der Waals surface area (Å²) in [6, 6.07) is 0. The van der Waals surface area contributed by atoms with E-state index < -0.39 is 5.60 Å². The molecule has 19 heavy (non-hydrogen) atoms. The lowest BCUT2D eigenvalue weighted by atomic mass is 9.62. The molecule has 0 heterocycles. The van der Waals surface area contributed by atoms with Gasteiger partial charge in [-0.1, -0.05) is 58.6 Å². The van der Waals surface area contributed by atoms with Crippen molar-refractivity contribution in [3.05, 3.63) is 12.2 Å². The SMILES string of the molecule is CCCCCC(O)C=CC1C(C)(C)CCCC1(C)O. The van der Waals surface area contributed by atoms with Crippen LogP contribution in [-0.4, -0.2) is 21.9 Å². The van der Waals surface area contributed by atoms with E-state index >= 15 is 0 Å². The number of hydrogen-bond acceptors (Lipinski definition) is 2. The minimum absolute atomic E-state index is 0.112. The average molecular weight is 268 g/mol. The van der Waals surface area contributed by atoms with Crippen LogP contribution in [0.1, 0.15) is 72.6 Å². The van der Waals surface area contributed by atoms with E-state index in [-0.39, 0.29) is 17.4 Å². The molecule has 0 radical (unpaired) electrons. The number of rotatable bonds is 6. The van der Waals surface area contributed by atoms with Crippen LogP contribution in [0, 0.1) is 11.3 Å². The van der Waals surface area contributed by atoms with Crippen molar-refractivity contribution in [2.45, 2.75) is 84.3 Å².